The van der Waals surface area contributed by atoms with Gasteiger partial charge in [0.1, 0.15) is 6.10 Å². The van der Waals surface area contributed by atoms with Crippen molar-refractivity contribution in [1.82, 2.24) is 0 Å². The van der Waals surface area contributed by atoms with Gasteiger partial charge in [0, 0.05) is 6.42 Å². The van der Waals surface area contributed by atoms with Crippen LogP contribution in [0.1, 0.15) is 45.4 Å². The van der Waals surface area contributed by atoms with Gasteiger partial charge in [-0.2, -0.15) is 0 Å². The van der Waals surface area contributed by atoms with Crippen molar-refractivity contribution >= 4 is 11.8 Å². The minimum atomic E-state index is -1.32. The highest BCUT2D eigenvalue weighted by Gasteiger charge is 2.17. The Balaban J connectivity index is 3.57. The zero-order chi connectivity index (χ0) is 11.0. The summed E-state index contributed by atoms with van der Waals surface area (Å²) in [5.74, 6) is -1.50. The highest BCUT2D eigenvalue weighted by molar-refractivity contribution is 5.86. The van der Waals surface area contributed by atoms with Crippen LogP contribution in [0.3, 0.4) is 0 Å². The minimum absolute atomic E-state index is 0.286. The molecule has 1 unspecified atom stereocenters. The summed E-state index contributed by atoms with van der Waals surface area (Å²) in [4.78, 5) is 21.3. The number of carbonyl (C=O) groups is 2. The van der Waals surface area contributed by atoms with Crippen LogP contribution in [0.4, 0.5) is 0 Å². The molecular formula is C10H18O4. The van der Waals surface area contributed by atoms with E-state index in [0.29, 0.717) is 0 Å². The third kappa shape index (κ3) is 6.60. The molecule has 0 aliphatic carbocycles. The monoisotopic (exact) mass is 202 g/mol. The molecule has 2 N–H and O–H groups in total. The maximum Gasteiger partial charge on any atom is 0.306 e. The van der Waals surface area contributed by atoms with Crippen molar-refractivity contribution in [2.75, 3.05) is 0 Å². The number of aliphatic hydroxyl groups excluding tert-OH is 1. The summed E-state index contributed by atoms with van der Waals surface area (Å²) in [5.41, 5.74) is 0. The molecule has 0 rings (SSSR count). The van der Waals surface area contributed by atoms with Crippen LogP contribution in [0.5, 0.6) is 0 Å². The van der Waals surface area contributed by atoms with Gasteiger partial charge in [0.15, 0.2) is 5.78 Å². The third-order valence-corrected chi connectivity index (χ3v) is 2.02. The van der Waals surface area contributed by atoms with E-state index in [-0.39, 0.29) is 12.2 Å². The lowest BCUT2D eigenvalue weighted by Crippen LogP contribution is -2.23. The van der Waals surface area contributed by atoms with Gasteiger partial charge in [-0.15, -0.1) is 0 Å². The van der Waals surface area contributed by atoms with Gasteiger partial charge >= 0.3 is 5.97 Å². The van der Waals surface area contributed by atoms with Crippen LogP contribution in [0.15, 0.2) is 0 Å². The fourth-order valence-corrected chi connectivity index (χ4v) is 1.17. The Morgan fingerprint density at radius 1 is 1.21 bits per heavy atom. The second kappa shape index (κ2) is 7.50. The predicted octanol–water partition coefficient (Wildman–Crippen LogP) is 1.36. The number of carbonyl (C=O) groups excluding carboxylic acids is 1. The minimum Gasteiger partial charge on any atom is -0.481 e. The summed E-state index contributed by atoms with van der Waals surface area (Å²) >= 11 is 0. The second-order valence-electron chi connectivity index (χ2n) is 3.39. The van der Waals surface area contributed by atoms with Crippen molar-refractivity contribution < 1.29 is 19.8 Å². The Hall–Kier alpha value is -0.900. The molecule has 0 aromatic carbocycles. The second-order valence-corrected chi connectivity index (χ2v) is 3.39. The standard InChI is InChI=1S/C10H18O4/c1-2-3-4-5-6-8(11)9(12)7-10(13)14/h9,12H,2-7H2,1H3,(H,13,14). The SMILES string of the molecule is CCCCCCC(=O)C(O)CC(=O)O. The number of rotatable bonds is 8. The Morgan fingerprint density at radius 2 is 1.86 bits per heavy atom. The number of ketones is 1. The Labute approximate surface area is 83.9 Å². The lowest BCUT2D eigenvalue weighted by atomic mass is 10.1. The highest BCUT2D eigenvalue weighted by atomic mass is 16.4. The van der Waals surface area contributed by atoms with Crippen molar-refractivity contribution in [3.05, 3.63) is 0 Å². The van der Waals surface area contributed by atoms with Gasteiger partial charge in [-0.25, -0.2) is 0 Å². The molecule has 0 saturated carbocycles. The van der Waals surface area contributed by atoms with Gasteiger partial charge < -0.3 is 10.2 Å². The maximum absolute atomic E-state index is 11.1. The number of aliphatic carboxylic acids is 1. The van der Waals surface area contributed by atoms with Gasteiger partial charge in [-0.1, -0.05) is 26.2 Å². The molecule has 0 amide bonds. The van der Waals surface area contributed by atoms with Gasteiger partial charge in [-0.3, -0.25) is 9.59 Å². The molecular weight excluding hydrogens is 184 g/mol. The van der Waals surface area contributed by atoms with E-state index < -0.39 is 18.5 Å². The number of aliphatic hydroxyl groups is 1. The number of hydrogen-bond donors (Lipinski definition) is 2. The zero-order valence-electron chi connectivity index (χ0n) is 8.53. The summed E-state index contributed by atoms with van der Waals surface area (Å²) in [6.07, 6.45) is 2.34. The van der Waals surface area contributed by atoms with Crippen molar-refractivity contribution in [2.24, 2.45) is 0 Å². The van der Waals surface area contributed by atoms with E-state index in [1.807, 2.05) is 0 Å². The first-order chi connectivity index (χ1) is 6.57. The van der Waals surface area contributed by atoms with Crippen molar-refractivity contribution in [1.29, 1.82) is 0 Å². The molecule has 0 aromatic heterocycles. The summed E-state index contributed by atoms with van der Waals surface area (Å²) in [5, 5.41) is 17.4. The van der Waals surface area contributed by atoms with Crippen LogP contribution in [0.25, 0.3) is 0 Å². The molecule has 0 saturated heterocycles. The van der Waals surface area contributed by atoms with Gasteiger partial charge in [0.25, 0.3) is 0 Å². The molecule has 0 spiro atoms. The first kappa shape index (κ1) is 13.1. The van der Waals surface area contributed by atoms with E-state index in [2.05, 4.69) is 6.92 Å². The molecule has 1 atom stereocenters. The van der Waals surface area contributed by atoms with Crippen LogP contribution >= 0.6 is 0 Å². The molecule has 0 radical (unpaired) electrons. The van der Waals surface area contributed by atoms with E-state index >= 15 is 0 Å². The average Bonchev–Trinajstić information content (AvgIpc) is 2.11. The fourth-order valence-electron chi connectivity index (χ4n) is 1.17. The average molecular weight is 202 g/mol. The Kier molecular flexibility index (Phi) is 7.02. The number of unbranched alkanes of at least 4 members (excludes halogenated alkanes) is 3. The number of carboxylic acid groups (broad SMARTS) is 1. The van der Waals surface area contributed by atoms with Gasteiger partial charge in [-0.05, 0) is 6.42 Å². The third-order valence-electron chi connectivity index (χ3n) is 2.02. The summed E-state index contributed by atoms with van der Waals surface area (Å²) in [7, 11) is 0. The zero-order valence-corrected chi connectivity index (χ0v) is 8.53. The van der Waals surface area contributed by atoms with Crippen LogP contribution in [-0.4, -0.2) is 28.1 Å². The van der Waals surface area contributed by atoms with E-state index in [1.54, 1.807) is 0 Å². The number of Topliss-reactive ketones (excluding diaryl/α,β-unsaturated/α-hetero) is 1. The first-order valence-corrected chi connectivity index (χ1v) is 5.00. The molecule has 4 nitrogen and oxygen atoms in total. The van der Waals surface area contributed by atoms with Crippen molar-refractivity contribution in [3.8, 4) is 0 Å². The van der Waals surface area contributed by atoms with Crippen molar-refractivity contribution in [2.45, 2.75) is 51.6 Å². The molecule has 82 valence electrons. The molecule has 0 aliphatic heterocycles. The lowest BCUT2D eigenvalue weighted by Gasteiger charge is -2.05. The van der Waals surface area contributed by atoms with Crippen LogP contribution in [0.2, 0.25) is 0 Å². The van der Waals surface area contributed by atoms with Crippen molar-refractivity contribution in [3.63, 3.8) is 0 Å². The predicted molar refractivity (Wildman–Crippen MR) is 52.0 cm³/mol. The molecule has 0 aliphatic rings. The summed E-state index contributed by atoms with van der Waals surface area (Å²) in [6.45, 7) is 2.07. The van der Waals surface area contributed by atoms with E-state index in [1.165, 1.54) is 0 Å². The molecule has 4 heteroatoms. The molecule has 0 bridgehead atoms. The van der Waals surface area contributed by atoms with Crippen LogP contribution in [0, 0.1) is 0 Å². The molecule has 14 heavy (non-hydrogen) atoms. The fraction of sp³-hybridized carbons (Fsp3) is 0.800. The number of carboxylic acids is 1. The normalized spacial score (nSPS) is 12.4. The van der Waals surface area contributed by atoms with Crippen LogP contribution in [-0.2, 0) is 9.59 Å². The molecule has 0 fully saturated rings. The van der Waals surface area contributed by atoms with Gasteiger partial charge in [0.05, 0.1) is 6.42 Å². The quantitative estimate of drug-likeness (QED) is 0.583. The van der Waals surface area contributed by atoms with E-state index in [4.69, 9.17) is 10.2 Å². The lowest BCUT2D eigenvalue weighted by molar-refractivity contribution is -0.143. The summed E-state index contributed by atoms with van der Waals surface area (Å²) in [6, 6.07) is 0. The Bertz CT molecular complexity index is 189. The number of hydrogen-bond acceptors (Lipinski definition) is 3. The Morgan fingerprint density at radius 3 is 2.36 bits per heavy atom. The topological polar surface area (TPSA) is 74.6 Å². The van der Waals surface area contributed by atoms with E-state index in [9.17, 15) is 9.59 Å². The largest absolute Gasteiger partial charge is 0.481 e. The highest BCUT2D eigenvalue weighted by Crippen LogP contribution is 2.06. The molecule has 0 heterocycles. The van der Waals surface area contributed by atoms with Gasteiger partial charge in [0.2, 0.25) is 0 Å². The summed E-state index contributed by atoms with van der Waals surface area (Å²) < 4.78 is 0. The maximum atomic E-state index is 11.1. The molecule has 0 aromatic rings. The smallest absolute Gasteiger partial charge is 0.306 e. The first-order valence-electron chi connectivity index (χ1n) is 5.00. The van der Waals surface area contributed by atoms with Crippen LogP contribution < -0.4 is 0 Å². The van der Waals surface area contributed by atoms with E-state index in [0.717, 1.165) is 25.7 Å².